The third-order valence-corrected chi connectivity index (χ3v) is 2.52. The van der Waals surface area contributed by atoms with Crippen molar-refractivity contribution in [3.8, 4) is 11.5 Å². The molecule has 15 heavy (non-hydrogen) atoms. The highest BCUT2D eigenvalue weighted by Crippen LogP contribution is 2.26. The number of halogens is 1. The highest BCUT2D eigenvalue weighted by Gasteiger charge is 2.11. The number of rotatable bonds is 2. The predicted octanol–water partition coefficient (Wildman–Crippen LogP) is 2.19. The summed E-state index contributed by atoms with van der Waals surface area (Å²) in [5.41, 5.74) is 1.67. The van der Waals surface area contributed by atoms with E-state index < -0.39 is 0 Å². The third kappa shape index (κ3) is 1.86. The van der Waals surface area contributed by atoms with E-state index in [2.05, 4.69) is 10.1 Å². The van der Waals surface area contributed by atoms with Gasteiger partial charge in [-0.25, -0.2) is 0 Å². The Bertz CT molecular complexity index is 482. The highest BCUT2D eigenvalue weighted by atomic mass is 35.5. The molecule has 1 heterocycles. The Hall–Kier alpha value is -1.39. The molecule has 0 aliphatic carbocycles. The first-order valence-corrected chi connectivity index (χ1v) is 4.79. The van der Waals surface area contributed by atoms with Gasteiger partial charge in [-0.15, -0.1) is 0 Å². The minimum Gasteiger partial charge on any atom is -0.388 e. The van der Waals surface area contributed by atoms with Gasteiger partial charge in [0, 0.05) is 10.6 Å². The molecule has 0 bridgehead atoms. The monoisotopic (exact) mass is 224 g/mol. The molecule has 0 saturated heterocycles. The maximum absolute atomic E-state index is 8.81. The molecule has 0 saturated carbocycles. The van der Waals surface area contributed by atoms with Gasteiger partial charge < -0.3 is 9.63 Å². The minimum absolute atomic E-state index is 0.233. The van der Waals surface area contributed by atoms with Crippen molar-refractivity contribution in [3.05, 3.63) is 34.6 Å². The first kappa shape index (κ1) is 10.1. The SMILES string of the molecule is Cc1c(Cl)cccc1-c1nc(CO)no1. The first-order chi connectivity index (χ1) is 7.22. The van der Waals surface area contributed by atoms with E-state index in [1.807, 2.05) is 19.1 Å². The van der Waals surface area contributed by atoms with Crippen molar-refractivity contribution in [2.24, 2.45) is 0 Å². The maximum Gasteiger partial charge on any atom is 0.258 e. The molecular weight excluding hydrogens is 216 g/mol. The molecule has 78 valence electrons. The van der Waals surface area contributed by atoms with Gasteiger partial charge in [0.05, 0.1) is 0 Å². The van der Waals surface area contributed by atoms with E-state index >= 15 is 0 Å². The summed E-state index contributed by atoms with van der Waals surface area (Å²) < 4.78 is 5.00. The van der Waals surface area contributed by atoms with Crippen LogP contribution in [0.15, 0.2) is 22.7 Å². The molecule has 0 aliphatic rings. The van der Waals surface area contributed by atoms with Gasteiger partial charge in [-0.3, -0.25) is 0 Å². The van der Waals surface area contributed by atoms with Crippen LogP contribution in [0.5, 0.6) is 0 Å². The Morgan fingerprint density at radius 1 is 1.47 bits per heavy atom. The van der Waals surface area contributed by atoms with Gasteiger partial charge in [0.1, 0.15) is 6.61 Å². The lowest BCUT2D eigenvalue weighted by atomic mass is 10.1. The van der Waals surface area contributed by atoms with E-state index in [0.29, 0.717) is 10.9 Å². The van der Waals surface area contributed by atoms with Crippen LogP contribution in [0.4, 0.5) is 0 Å². The van der Waals surface area contributed by atoms with Gasteiger partial charge in [0.2, 0.25) is 0 Å². The minimum atomic E-state index is -0.233. The first-order valence-electron chi connectivity index (χ1n) is 4.41. The molecule has 0 aliphatic heterocycles. The van der Waals surface area contributed by atoms with Crippen LogP contribution in [0.2, 0.25) is 5.02 Å². The summed E-state index contributed by atoms with van der Waals surface area (Å²) in [6.45, 7) is 1.64. The molecule has 0 radical (unpaired) electrons. The fourth-order valence-electron chi connectivity index (χ4n) is 1.27. The zero-order valence-corrected chi connectivity index (χ0v) is 8.82. The van der Waals surface area contributed by atoms with E-state index in [9.17, 15) is 0 Å². The normalized spacial score (nSPS) is 10.6. The van der Waals surface area contributed by atoms with E-state index in [4.69, 9.17) is 21.2 Å². The average molecular weight is 225 g/mol. The number of aliphatic hydroxyl groups excluding tert-OH is 1. The molecule has 0 spiro atoms. The number of nitrogens with zero attached hydrogens (tertiary/aromatic N) is 2. The van der Waals surface area contributed by atoms with Gasteiger partial charge >= 0.3 is 0 Å². The van der Waals surface area contributed by atoms with Gasteiger partial charge in [-0.05, 0) is 24.6 Å². The summed E-state index contributed by atoms with van der Waals surface area (Å²) in [6.07, 6.45) is 0. The Kier molecular flexibility index (Phi) is 2.70. The van der Waals surface area contributed by atoms with Crippen LogP contribution in [0.25, 0.3) is 11.5 Å². The zero-order valence-electron chi connectivity index (χ0n) is 8.07. The molecule has 4 nitrogen and oxygen atoms in total. The van der Waals surface area contributed by atoms with Crippen LogP contribution in [0, 0.1) is 6.92 Å². The van der Waals surface area contributed by atoms with Crippen molar-refractivity contribution in [1.29, 1.82) is 0 Å². The number of hydrogen-bond donors (Lipinski definition) is 1. The van der Waals surface area contributed by atoms with Crippen LogP contribution in [0.3, 0.4) is 0 Å². The number of hydrogen-bond acceptors (Lipinski definition) is 4. The third-order valence-electron chi connectivity index (χ3n) is 2.11. The van der Waals surface area contributed by atoms with Crippen LogP contribution in [-0.2, 0) is 6.61 Å². The highest BCUT2D eigenvalue weighted by molar-refractivity contribution is 6.31. The Balaban J connectivity index is 2.49. The van der Waals surface area contributed by atoms with E-state index in [1.54, 1.807) is 6.07 Å². The molecule has 1 N–H and O–H groups in total. The molecule has 0 amide bonds. The van der Waals surface area contributed by atoms with Crippen LogP contribution >= 0.6 is 11.6 Å². The van der Waals surface area contributed by atoms with E-state index in [1.165, 1.54) is 0 Å². The Morgan fingerprint density at radius 2 is 2.27 bits per heavy atom. The summed E-state index contributed by atoms with van der Waals surface area (Å²) in [5, 5.41) is 13.1. The van der Waals surface area contributed by atoms with Gasteiger partial charge in [0.15, 0.2) is 5.82 Å². The molecule has 0 unspecified atom stereocenters. The summed E-state index contributed by atoms with van der Waals surface area (Å²) >= 11 is 5.97. The van der Waals surface area contributed by atoms with E-state index in [-0.39, 0.29) is 12.4 Å². The van der Waals surface area contributed by atoms with Crippen molar-refractivity contribution in [1.82, 2.24) is 10.1 Å². The fourth-order valence-corrected chi connectivity index (χ4v) is 1.44. The molecule has 5 heteroatoms. The number of benzene rings is 1. The predicted molar refractivity (Wildman–Crippen MR) is 55.4 cm³/mol. The van der Waals surface area contributed by atoms with Gasteiger partial charge in [-0.2, -0.15) is 4.98 Å². The van der Waals surface area contributed by atoms with E-state index in [0.717, 1.165) is 11.1 Å². The fraction of sp³-hybridized carbons (Fsp3) is 0.200. The van der Waals surface area contributed by atoms with Crippen LogP contribution in [-0.4, -0.2) is 15.2 Å². The lowest BCUT2D eigenvalue weighted by Gasteiger charge is -2.01. The van der Waals surface area contributed by atoms with Crippen molar-refractivity contribution in [3.63, 3.8) is 0 Å². The Morgan fingerprint density at radius 3 is 2.93 bits per heavy atom. The summed E-state index contributed by atoms with van der Waals surface area (Å²) in [6, 6.07) is 5.45. The maximum atomic E-state index is 8.81. The summed E-state index contributed by atoms with van der Waals surface area (Å²) in [5.74, 6) is 0.642. The lowest BCUT2D eigenvalue weighted by molar-refractivity contribution is 0.264. The number of aromatic nitrogens is 2. The van der Waals surface area contributed by atoms with Gasteiger partial charge in [-0.1, -0.05) is 22.8 Å². The standard InChI is InChI=1S/C10H9ClN2O2/c1-6-7(3-2-4-8(6)11)10-12-9(5-14)13-15-10/h2-4,14H,5H2,1H3. The van der Waals surface area contributed by atoms with Crippen LogP contribution in [0.1, 0.15) is 11.4 Å². The molecule has 1 aromatic carbocycles. The quantitative estimate of drug-likeness (QED) is 0.850. The second-order valence-corrected chi connectivity index (χ2v) is 3.49. The lowest BCUT2D eigenvalue weighted by Crippen LogP contribution is -1.87. The van der Waals surface area contributed by atoms with Crippen molar-refractivity contribution in [2.75, 3.05) is 0 Å². The second kappa shape index (κ2) is 4.00. The molecule has 1 aromatic heterocycles. The molecule has 2 aromatic rings. The number of aliphatic hydroxyl groups is 1. The van der Waals surface area contributed by atoms with Gasteiger partial charge in [0.25, 0.3) is 5.89 Å². The molecule has 0 fully saturated rings. The largest absolute Gasteiger partial charge is 0.388 e. The molecular formula is C10H9ClN2O2. The van der Waals surface area contributed by atoms with Crippen molar-refractivity contribution >= 4 is 11.6 Å². The smallest absolute Gasteiger partial charge is 0.258 e. The summed E-state index contributed by atoms with van der Waals surface area (Å²) in [7, 11) is 0. The van der Waals surface area contributed by atoms with Crippen molar-refractivity contribution in [2.45, 2.75) is 13.5 Å². The zero-order chi connectivity index (χ0) is 10.8. The van der Waals surface area contributed by atoms with Crippen molar-refractivity contribution < 1.29 is 9.63 Å². The molecule has 0 atom stereocenters. The summed E-state index contributed by atoms with van der Waals surface area (Å²) in [4.78, 5) is 4.01. The van der Waals surface area contributed by atoms with Crippen LogP contribution < -0.4 is 0 Å². The Labute approximate surface area is 91.5 Å². The average Bonchev–Trinajstić information content (AvgIpc) is 2.70. The molecule has 2 rings (SSSR count). The topological polar surface area (TPSA) is 59.2 Å². The second-order valence-electron chi connectivity index (χ2n) is 3.09.